The van der Waals surface area contributed by atoms with E-state index in [1.807, 2.05) is 0 Å². The quantitative estimate of drug-likeness (QED) is 0.644. The summed E-state index contributed by atoms with van der Waals surface area (Å²) in [4.78, 5) is 4.21. The Bertz CT molecular complexity index is 339. The highest BCUT2D eigenvalue weighted by Crippen LogP contribution is 2.38. The first-order chi connectivity index (χ1) is 6.72. The van der Waals surface area contributed by atoms with E-state index in [9.17, 15) is 0 Å². The lowest BCUT2D eigenvalue weighted by molar-refractivity contribution is 0.401. The van der Waals surface area contributed by atoms with Crippen LogP contribution in [0.3, 0.4) is 0 Å². The number of methoxy groups -OCH3 is 1. The summed E-state index contributed by atoms with van der Waals surface area (Å²) in [6.07, 6.45) is 3.82. The molecule has 0 unspecified atom stereocenters. The largest absolute Gasteiger partial charge is 0.496 e. The first kappa shape index (κ1) is 9.49. The molecule has 1 aliphatic rings. The van der Waals surface area contributed by atoms with Gasteiger partial charge in [-0.15, -0.1) is 0 Å². The molecular formula is C9H12BNO3. The molecule has 0 atom stereocenters. The van der Waals surface area contributed by atoms with Crippen molar-refractivity contribution in [3.8, 4) is 5.75 Å². The predicted molar refractivity (Wildman–Crippen MR) is 52.6 cm³/mol. The van der Waals surface area contributed by atoms with Gasteiger partial charge in [0.25, 0.3) is 0 Å². The molecule has 2 N–H and O–H groups in total. The lowest BCUT2D eigenvalue weighted by Gasteiger charge is -2.08. The molecular weight excluding hydrogens is 181 g/mol. The van der Waals surface area contributed by atoms with Gasteiger partial charge in [-0.05, 0) is 18.9 Å². The minimum Gasteiger partial charge on any atom is -0.496 e. The van der Waals surface area contributed by atoms with Crippen LogP contribution in [0.4, 0.5) is 0 Å². The SMILES string of the molecule is COc1cnc(C2CC2)cc1B(O)O. The normalized spacial score (nSPS) is 15.4. The second-order valence-electron chi connectivity index (χ2n) is 3.50. The Morgan fingerprint density at radius 2 is 2.21 bits per heavy atom. The van der Waals surface area contributed by atoms with E-state index in [0.29, 0.717) is 17.1 Å². The molecule has 0 saturated heterocycles. The maximum atomic E-state index is 9.11. The molecule has 1 fully saturated rings. The van der Waals surface area contributed by atoms with Crippen LogP contribution in [0.1, 0.15) is 24.5 Å². The first-order valence-corrected chi connectivity index (χ1v) is 4.62. The predicted octanol–water partition coefficient (Wildman–Crippen LogP) is -0.353. The van der Waals surface area contributed by atoms with Crippen molar-refractivity contribution in [2.75, 3.05) is 7.11 Å². The molecule has 1 aromatic rings. The lowest BCUT2D eigenvalue weighted by atomic mass is 9.79. The molecule has 0 aliphatic heterocycles. The van der Waals surface area contributed by atoms with Gasteiger partial charge >= 0.3 is 7.12 Å². The highest BCUT2D eigenvalue weighted by molar-refractivity contribution is 6.59. The number of nitrogens with zero attached hydrogens (tertiary/aromatic N) is 1. The Balaban J connectivity index is 2.35. The van der Waals surface area contributed by atoms with Crippen molar-refractivity contribution in [2.24, 2.45) is 0 Å². The van der Waals surface area contributed by atoms with Gasteiger partial charge in [0.2, 0.25) is 0 Å². The van der Waals surface area contributed by atoms with Gasteiger partial charge in [-0.1, -0.05) is 0 Å². The number of hydrogen-bond acceptors (Lipinski definition) is 4. The van der Waals surface area contributed by atoms with Gasteiger partial charge in [0.05, 0.1) is 13.3 Å². The van der Waals surface area contributed by atoms with Gasteiger partial charge in [-0.25, -0.2) is 0 Å². The van der Waals surface area contributed by atoms with E-state index in [4.69, 9.17) is 14.8 Å². The van der Waals surface area contributed by atoms with Gasteiger partial charge in [-0.2, -0.15) is 0 Å². The number of aromatic nitrogens is 1. The van der Waals surface area contributed by atoms with Crippen LogP contribution < -0.4 is 10.2 Å². The van der Waals surface area contributed by atoms with E-state index < -0.39 is 7.12 Å². The van der Waals surface area contributed by atoms with Crippen LogP contribution in [0.5, 0.6) is 5.75 Å². The van der Waals surface area contributed by atoms with Crippen molar-refractivity contribution in [1.82, 2.24) is 4.98 Å². The first-order valence-electron chi connectivity index (χ1n) is 4.62. The van der Waals surface area contributed by atoms with Crippen LogP contribution in [-0.2, 0) is 0 Å². The van der Waals surface area contributed by atoms with Crippen molar-refractivity contribution >= 4 is 12.6 Å². The van der Waals surface area contributed by atoms with Crippen LogP contribution in [0.15, 0.2) is 12.3 Å². The third-order valence-corrected chi connectivity index (χ3v) is 2.41. The topological polar surface area (TPSA) is 62.6 Å². The molecule has 1 aliphatic carbocycles. The van der Waals surface area contributed by atoms with Gasteiger partial charge in [-0.3, -0.25) is 4.98 Å². The molecule has 0 radical (unpaired) electrons. The van der Waals surface area contributed by atoms with E-state index >= 15 is 0 Å². The highest BCUT2D eigenvalue weighted by atomic mass is 16.5. The van der Waals surface area contributed by atoms with E-state index in [-0.39, 0.29) is 0 Å². The van der Waals surface area contributed by atoms with Crippen LogP contribution in [0.25, 0.3) is 0 Å². The van der Waals surface area contributed by atoms with E-state index in [1.54, 1.807) is 12.3 Å². The van der Waals surface area contributed by atoms with E-state index in [0.717, 1.165) is 18.5 Å². The fourth-order valence-corrected chi connectivity index (χ4v) is 1.45. The fraction of sp³-hybridized carbons (Fsp3) is 0.444. The van der Waals surface area contributed by atoms with Crippen molar-refractivity contribution in [3.63, 3.8) is 0 Å². The van der Waals surface area contributed by atoms with Crippen LogP contribution >= 0.6 is 0 Å². The summed E-state index contributed by atoms with van der Waals surface area (Å²) >= 11 is 0. The third kappa shape index (κ3) is 1.74. The average Bonchev–Trinajstić information content (AvgIpc) is 3.00. The zero-order valence-electron chi connectivity index (χ0n) is 7.97. The van der Waals surface area contributed by atoms with Crippen LogP contribution in [-0.4, -0.2) is 29.3 Å². The minimum atomic E-state index is -1.49. The number of hydrogen-bond donors (Lipinski definition) is 2. The number of pyridine rings is 1. The number of rotatable bonds is 3. The van der Waals surface area contributed by atoms with Crippen molar-refractivity contribution in [2.45, 2.75) is 18.8 Å². The average molecular weight is 193 g/mol. The molecule has 0 spiro atoms. The van der Waals surface area contributed by atoms with Gasteiger partial charge < -0.3 is 14.8 Å². The van der Waals surface area contributed by atoms with Gasteiger partial charge in [0.15, 0.2) is 0 Å². The van der Waals surface area contributed by atoms with E-state index in [2.05, 4.69) is 4.98 Å². The minimum absolute atomic E-state index is 0.393. The standard InChI is InChI=1S/C9H12BNO3/c1-14-9-5-11-8(6-2-3-6)4-7(9)10(12)13/h4-6,12-13H,2-3H2,1H3. The Hall–Kier alpha value is -1.07. The molecule has 2 rings (SSSR count). The molecule has 5 heteroatoms. The summed E-state index contributed by atoms with van der Waals surface area (Å²) in [5.74, 6) is 0.919. The Kier molecular flexibility index (Phi) is 2.43. The molecule has 0 aromatic carbocycles. The molecule has 1 heterocycles. The van der Waals surface area contributed by atoms with Crippen LogP contribution in [0.2, 0.25) is 0 Å². The Morgan fingerprint density at radius 1 is 1.50 bits per heavy atom. The summed E-state index contributed by atoms with van der Waals surface area (Å²) < 4.78 is 4.98. The summed E-state index contributed by atoms with van der Waals surface area (Å²) in [7, 11) is -0.00915. The zero-order valence-corrected chi connectivity index (χ0v) is 7.97. The summed E-state index contributed by atoms with van der Waals surface area (Å²) in [5.41, 5.74) is 1.32. The molecule has 4 nitrogen and oxygen atoms in total. The van der Waals surface area contributed by atoms with Gasteiger partial charge in [0.1, 0.15) is 5.75 Å². The van der Waals surface area contributed by atoms with E-state index in [1.165, 1.54) is 7.11 Å². The molecule has 0 amide bonds. The van der Waals surface area contributed by atoms with Crippen LogP contribution in [0, 0.1) is 0 Å². The molecule has 1 saturated carbocycles. The molecule has 1 aromatic heterocycles. The fourth-order valence-electron chi connectivity index (χ4n) is 1.45. The van der Waals surface area contributed by atoms with Crippen molar-refractivity contribution in [3.05, 3.63) is 18.0 Å². The molecule has 74 valence electrons. The number of ether oxygens (including phenoxy) is 1. The monoisotopic (exact) mass is 193 g/mol. The summed E-state index contributed by atoms with van der Waals surface area (Å²) in [6.45, 7) is 0. The Morgan fingerprint density at radius 3 is 2.71 bits per heavy atom. The summed E-state index contributed by atoms with van der Waals surface area (Å²) in [6, 6.07) is 1.71. The van der Waals surface area contributed by atoms with Crippen molar-refractivity contribution in [1.29, 1.82) is 0 Å². The molecule has 0 bridgehead atoms. The van der Waals surface area contributed by atoms with Crippen molar-refractivity contribution < 1.29 is 14.8 Å². The maximum absolute atomic E-state index is 9.11. The molecule has 14 heavy (non-hydrogen) atoms. The highest BCUT2D eigenvalue weighted by Gasteiger charge is 2.27. The maximum Gasteiger partial charge on any atom is 0.492 e. The zero-order chi connectivity index (χ0) is 10.1. The summed E-state index contributed by atoms with van der Waals surface area (Å²) in [5, 5.41) is 18.2. The lowest BCUT2D eigenvalue weighted by Crippen LogP contribution is -2.31. The Labute approximate surface area is 82.7 Å². The second kappa shape index (κ2) is 3.59. The second-order valence-corrected chi connectivity index (χ2v) is 3.50. The smallest absolute Gasteiger partial charge is 0.492 e. The van der Waals surface area contributed by atoms with Gasteiger partial charge in [0, 0.05) is 17.1 Å². The third-order valence-electron chi connectivity index (χ3n) is 2.41.